The van der Waals surface area contributed by atoms with Crippen molar-refractivity contribution in [3.05, 3.63) is 71.8 Å². The summed E-state index contributed by atoms with van der Waals surface area (Å²) in [5.74, 6) is 0.263. The Bertz CT molecular complexity index is 699. The first-order valence-corrected chi connectivity index (χ1v) is 9.79. The van der Waals surface area contributed by atoms with Gasteiger partial charge < -0.3 is 5.21 Å². The predicted octanol–water partition coefficient (Wildman–Crippen LogP) is 5.83. The summed E-state index contributed by atoms with van der Waals surface area (Å²) in [5.41, 5.74) is 3.53. The molecule has 1 aliphatic rings. The molecule has 3 rings (SSSR count). The van der Waals surface area contributed by atoms with Crippen LogP contribution in [0.3, 0.4) is 0 Å². The summed E-state index contributed by atoms with van der Waals surface area (Å²) in [5, 5.41) is 13.6. The second-order valence-corrected chi connectivity index (χ2v) is 7.35. The zero-order chi connectivity index (χ0) is 18.4. The smallest absolute Gasteiger partial charge is 0.0639 e. The van der Waals surface area contributed by atoms with Crippen molar-refractivity contribution in [1.29, 1.82) is 0 Å². The summed E-state index contributed by atoms with van der Waals surface area (Å²) < 4.78 is 0. The molecule has 0 unspecified atom stereocenters. The SMILES string of the molecule is CCCCC[C@H]1/C(=N/O)C[C@@H](c2ccccc2)N(C)[C@H]1c1ccccc1. The molecule has 0 radical (unpaired) electrons. The van der Waals surface area contributed by atoms with Crippen molar-refractivity contribution < 1.29 is 5.21 Å². The molecule has 2 aromatic carbocycles. The third-order valence-corrected chi connectivity index (χ3v) is 5.71. The molecule has 0 aliphatic carbocycles. The number of benzene rings is 2. The van der Waals surface area contributed by atoms with E-state index in [4.69, 9.17) is 0 Å². The van der Waals surface area contributed by atoms with Crippen molar-refractivity contribution in [1.82, 2.24) is 4.90 Å². The molecule has 0 bridgehead atoms. The number of oxime groups is 1. The molecule has 1 aliphatic heterocycles. The minimum absolute atomic E-state index is 0.231. The monoisotopic (exact) mass is 350 g/mol. The van der Waals surface area contributed by atoms with Gasteiger partial charge >= 0.3 is 0 Å². The number of rotatable bonds is 6. The van der Waals surface area contributed by atoms with Gasteiger partial charge in [0.25, 0.3) is 0 Å². The van der Waals surface area contributed by atoms with Crippen molar-refractivity contribution in [2.45, 2.75) is 51.1 Å². The summed E-state index contributed by atoms with van der Waals surface area (Å²) in [6, 6.07) is 21.7. The van der Waals surface area contributed by atoms with E-state index in [1.54, 1.807) is 0 Å². The molecule has 1 heterocycles. The van der Waals surface area contributed by atoms with E-state index in [0.717, 1.165) is 18.6 Å². The lowest BCUT2D eigenvalue weighted by Gasteiger charge is -2.45. The van der Waals surface area contributed by atoms with Crippen molar-refractivity contribution >= 4 is 5.71 Å². The lowest BCUT2D eigenvalue weighted by Crippen LogP contribution is -2.43. The van der Waals surface area contributed by atoms with E-state index in [1.165, 1.54) is 30.4 Å². The zero-order valence-electron chi connectivity index (χ0n) is 15.9. The molecule has 2 aromatic rings. The van der Waals surface area contributed by atoms with Crippen LogP contribution in [-0.2, 0) is 0 Å². The van der Waals surface area contributed by atoms with E-state index in [1.807, 2.05) is 0 Å². The van der Waals surface area contributed by atoms with E-state index >= 15 is 0 Å². The largest absolute Gasteiger partial charge is 0.411 e. The average Bonchev–Trinajstić information content (AvgIpc) is 2.70. The van der Waals surface area contributed by atoms with Gasteiger partial charge in [0.2, 0.25) is 0 Å². The molecular formula is C23H30N2O. The molecule has 0 spiro atoms. The summed E-state index contributed by atoms with van der Waals surface area (Å²) in [7, 11) is 2.22. The molecule has 138 valence electrons. The Hall–Kier alpha value is -2.13. The number of unbranched alkanes of at least 4 members (excludes halogenated alkanes) is 2. The molecule has 1 saturated heterocycles. The van der Waals surface area contributed by atoms with E-state index in [0.29, 0.717) is 0 Å². The average molecular weight is 351 g/mol. The third-order valence-electron chi connectivity index (χ3n) is 5.71. The quantitative estimate of drug-likeness (QED) is 0.404. The highest BCUT2D eigenvalue weighted by atomic mass is 16.4. The Balaban J connectivity index is 1.97. The zero-order valence-corrected chi connectivity index (χ0v) is 15.9. The molecular weight excluding hydrogens is 320 g/mol. The third kappa shape index (κ3) is 3.99. The van der Waals surface area contributed by atoms with Gasteiger partial charge in [-0.05, 0) is 24.6 Å². The standard InChI is InChI=1S/C23H30N2O/c1-3-4-7-16-20-21(24-26)17-22(18-12-8-5-9-13-18)25(2)23(20)19-14-10-6-11-15-19/h5-6,8-15,20,22-23,26H,3-4,7,16-17H2,1-2H3/b24-21+/t20-,22-,23-/m0/s1. The second kappa shape index (κ2) is 9.00. The van der Waals surface area contributed by atoms with Crippen LogP contribution < -0.4 is 0 Å². The Morgan fingerprint density at radius 3 is 2.15 bits per heavy atom. The molecule has 3 heteroatoms. The van der Waals surface area contributed by atoms with Gasteiger partial charge in [-0.1, -0.05) is 92.0 Å². The minimum atomic E-state index is 0.231. The fourth-order valence-corrected chi connectivity index (χ4v) is 4.35. The van der Waals surface area contributed by atoms with E-state index < -0.39 is 0 Å². The van der Waals surface area contributed by atoms with Crippen LogP contribution >= 0.6 is 0 Å². The van der Waals surface area contributed by atoms with Gasteiger partial charge in [0.1, 0.15) is 0 Å². The van der Waals surface area contributed by atoms with Gasteiger partial charge in [-0.2, -0.15) is 0 Å². The van der Waals surface area contributed by atoms with E-state index in [2.05, 4.69) is 84.7 Å². The van der Waals surface area contributed by atoms with Crippen molar-refractivity contribution in [2.24, 2.45) is 11.1 Å². The van der Waals surface area contributed by atoms with Crippen LogP contribution in [0.4, 0.5) is 0 Å². The maximum Gasteiger partial charge on any atom is 0.0639 e. The van der Waals surface area contributed by atoms with Crippen molar-refractivity contribution in [3.63, 3.8) is 0 Å². The van der Waals surface area contributed by atoms with Crippen molar-refractivity contribution in [3.8, 4) is 0 Å². The number of piperidine rings is 1. The highest BCUT2D eigenvalue weighted by Crippen LogP contribution is 2.44. The highest BCUT2D eigenvalue weighted by Gasteiger charge is 2.40. The minimum Gasteiger partial charge on any atom is -0.411 e. The first-order chi connectivity index (χ1) is 12.8. The number of nitrogens with zero attached hydrogens (tertiary/aromatic N) is 2. The Labute approximate surface area is 157 Å². The first-order valence-electron chi connectivity index (χ1n) is 9.79. The van der Waals surface area contributed by atoms with Crippen molar-refractivity contribution in [2.75, 3.05) is 7.05 Å². The van der Waals surface area contributed by atoms with Gasteiger partial charge in [-0.25, -0.2) is 0 Å². The summed E-state index contributed by atoms with van der Waals surface area (Å²) >= 11 is 0. The topological polar surface area (TPSA) is 35.8 Å². The Morgan fingerprint density at radius 2 is 1.58 bits per heavy atom. The van der Waals surface area contributed by atoms with Crippen LogP contribution in [0.2, 0.25) is 0 Å². The first kappa shape index (κ1) is 18.7. The summed E-state index contributed by atoms with van der Waals surface area (Å²) in [6.07, 6.45) is 5.46. The van der Waals surface area contributed by atoms with Crippen LogP contribution in [0.15, 0.2) is 65.8 Å². The summed E-state index contributed by atoms with van der Waals surface area (Å²) in [6.45, 7) is 2.23. The normalized spacial score (nSPS) is 25.5. The van der Waals surface area contributed by atoms with Gasteiger partial charge in [0.15, 0.2) is 0 Å². The highest BCUT2D eigenvalue weighted by molar-refractivity contribution is 5.88. The molecule has 26 heavy (non-hydrogen) atoms. The van der Waals surface area contributed by atoms with Gasteiger partial charge in [-0.15, -0.1) is 0 Å². The number of hydrogen-bond donors (Lipinski definition) is 1. The van der Waals surface area contributed by atoms with E-state index in [9.17, 15) is 5.21 Å². The van der Waals surface area contributed by atoms with Crippen LogP contribution in [0.5, 0.6) is 0 Å². The summed E-state index contributed by atoms with van der Waals surface area (Å²) in [4.78, 5) is 2.48. The fraction of sp³-hybridized carbons (Fsp3) is 0.435. The van der Waals surface area contributed by atoms with Crippen LogP contribution in [0.1, 0.15) is 62.2 Å². The lowest BCUT2D eigenvalue weighted by molar-refractivity contribution is 0.117. The second-order valence-electron chi connectivity index (χ2n) is 7.35. The molecule has 3 nitrogen and oxygen atoms in total. The van der Waals surface area contributed by atoms with Gasteiger partial charge in [0, 0.05) is 24.4 Å². The van der Waals surface area contributed by atoms with Gasteiger partial charge in [-0.3, -0.25) is 4.90 Å². The molecule has 1 N–H and O–H groups in total. The Morgan fingerprint density at radius 1 is 0.962 bits per heavy atom. The molecule has 0 amide bonds. The van der Waals surface area contributed by atoms with Crippen LogP contribution in [0, 0.1) is 5.92 Å². The molecule has 3 atom stereocenters. The molecule has 0 aromatic heterocycles. The lowest BCUT2D eigenvalue weighted by atomic mass is 9.76. The Kier molecular flexibility index (Phi) is 6.45. The molecule has 0 saturated carbocycles. The maximum absolute atomic E-state index is 9.80. The number of likely N-dealkylation sites (tertiary alicyclic amines) is 1. The van der Waals surface area contributed by atoms with Crippen LogP contribution in [-0.4, -0.2) is 22.9 Å². The van der Waals surface area contributed by atoms with Crippen LogP contribution in [0.25, 0.3) is 0 Å². The van der Waals surface area contributed by atoms with E-state index in [-0.39, 0.29) is 18.0 Å². The molecule has 1 fully saturated rings. The number of hydrogen-bond acceptors (Lipinski definition) is 3. The van der Waals surface area contributed by atoms with Gasteiger partial charge in [0.05, 0.1) is 5.71 Å². The predicted molar refractivity (Wildman–Crippen MR) is 108 cm³/mol. The fourth-order valence-electron chi connectivity index (χ4n) is 4.35. The maximum atomic E-state index is 9.80.